The van der Waals surface area contributed by atoms with Crippen LogP contribution >= 0.6 is 0 Å². The molecule has 5 aliphatic rings. The van der Waals surface area contributed by atoms with Crippen molar-refractivity contribution in [2.75, 3.05) is 45.2 Å². The molecule has 6 atom stereocenters. The number of likely N-dealkylation sites (tertiary alicyclic amines) is 1. The predicted molar refractivity (Wildman–Crippen MR) is 215 cm³/mol. The smallest absolute Gasteiger partial charge is 0.265 e. The number of aliphatic hydroxyl groups excluding tert-OH is 1. The number of ether oxygens (including phenoxy) is 2. The molecule has 3 aliphatic carbocycles. The number of carbonyl (C=O) groups excluding carboxylic acids is 2. The lowest BCUT2D eigenvalue weighted by Crippen LogP contribution is -2.63. The number of rotatable bonds is 11. The van der Waals surface area contributed by atoms with Gasteiger partial charge in [0.2, 0.25) is 11.6 Å². The standard InChI is InChI=1S/C46H48N4O7/c1-5-18-50(19-6-2)40-33-22-30-21-31-36(34(55-25-27-13-9-7-10-14-27)23-32-38-29(17-20-48(38)3)24-49(4)39(31)32)41(51)35(30)43(52)46(33,54)44(53)37-42(40)57-47-45(37)56-26-28-15-11-8-12-16-28/h5-16,23,29-30,33,38,40,51,54H,1-2,17-22,24-26H2,3-4H3/t29?,30-,33-,38?,40-,46-/m0/s1. The quantitative estimate of drug-likeness (QED) is 0.126. The lowest BCUT2D eigenvalue weighted by Gasteiger charge is -2.50. The van der Waals surface area contributed by atoms with E-state index in [4.69, 9.17) is 14.0 Å². The van der Waals surface area contributed by atoms with E-state index < -0.39 is 35.0 Å². The number of hydrogen-bond donors (Lipinski definition) is 2. The molecule has 1 aromatic heterocycles. The van der Waals surface area contributed by atoms with E-state index in [0.717, 1.165) is 47.5 Å². The van der Waals surface area contributed by atoms with Crippen LogP contribution in [-0.4, -0.2) is 82.6 Å². The van der Waals surface area contributed by atoms with Crippen LogP contribution in [0.25, 0.3) is 5.76 Å². The fourth-order valence-corrected chi connectivity index (χ4v) is 10.5. The molecule has 1 saturated heterocycles. The topological polar surface area (TPSA) is 129 Å². The van der Waals surface area contributed by atoms with Crippen LogP contribution in [0, 0.1) is 17.8 Å². The van der Waals surface area contributed by atoms with Crippen molar-refractivity contribution in [3.8, 4) is 11.6 Å². The molecular formula is C46H48N4O7. The zero-order chi connectivity index (χ0) is 39.6. The van der Waals surface area contributed by atoms with Crippen molar-refractivity contribution in [2.24, 2.45) is 17.8 Å². The molecule has 4 aromatic rings. The summed E-state index contributed by atoms with van der Waals surface area (Å²) in [6.07, 6.45) is 5.16. The van der Waals surface area contributed by atoms with Crippen LogP contribution in [0.2, 0.25) is 0 Å². The third-order valence-corrected chi connectivity index (χ3v) is 12.9. The Kier molecular flexibility index (Phi) is 9.42. The second-order valence-corrected chi connectivity index (χ2v) is 16.2. The average molecular weight is 769 g/mol. The van der Waals surface area contributed by atoms with Gasteiger partial charge in [0, 0.05) is 49.9 Å². The minimum absolute atomic E-state index is 0.0397. The summed E-state index contributed by atoms with van der Waals surface area (Å²) in [5.41, 5.74) is 2.75. The number of anilines is 1. The van der Waals surface area contributed by atoms with Crippen LogP contribution < -0.4 is 14.4 Å². The molecule has 0 spiro atoms. The zero-order valence-corrected chi connectivity index (χ0v) is 32.4. The molecule has 2 fully saturated rings. The van der Waals surface area contributed by atoms with Crippen LogP contribution in [0.15, 0.2) is 102 Å². The lowest BCUT2D eigenvalue weighted by atomic mass is 9.57. The molecule has 2 unspecified atom stereocenters. The minimum atomic E-state index is -2.55. The number of aliphatic hydroxyl groups is 2. The maximum absolute atomic E-state index is 15.2. The summed E-state index contributed by atoms with van der Waals surface area (Å²) < 4.78 is 18.6. The first kappa shape index (κ1) is 37.1. The fraction of sp³-hybridized carbons (Fsp3) is 0.370. The SMILES string of the molecule is C=CCN(CC=C)[C@@H]1c2onc(OCc3ccccc3)c2C(=O)[C@@]2(O)C(=O)C3=C(O)c4c(OCc5ccccc5)cc5c(c4C[C@H]3C[C@@H]12)N(C)CC1CCN(C)C51. The van der Waals surface area contributed by atoms with E-state index in [-0.39, 0.29) is 54.2 Å². The molecule has 0 amide bonds. The normalized spacial score (nSPS) is 26.2. The van der Waals surface area contributed by atoms with Crippen LogP contribution in [0.1, 0.15) is 68.9 Å². The monoisotopic (exact) mass is 768 g/mol. The van der Waals surface area contributed by atoms with E-state index >= 15 is 4.79 Å². The molecule has 3 heterocycles. The largest absolute Gasteiger partial charge is 0.507 e. The van der Waals surface area contributed by atoms with Crippen LogP contribution in [0.3, 0.4) is 0 Å². The number of ketones is 2. The molecule has 2 N–H and O–H groups in total. The van der Waals surface area contributed by atoms with E-state index in [1.54, 1.807) is 12.2 Å². The highest BCUT2D eigenvalue weighted by Gasteiger charge is 2.66. The number of Topliss-reactive ketones (excluding diaryl/α,β-unsaturated/α-hetero) is 2. The average Bonchev–Trinajstić information content (AvgIpc) is 3.81. The van der Waals surface area contributed by atoms with E-state index in [1.165, 1.54) is 0 Å². The third kappa shape index (κ3) is 5.85. The highest BCUT2D eigenvalue weighted by Crippen LogP contribution is 2.59. The summed E-state index contributed by atoms with van der Waals surface area (Å²) >= 11 is 0. The first-order valence-electron chi connectivity index (χ1n) is 19.8. The van der Waals surface area contributed by atoms with E-state index in [2.05, 4.69) is 42.2 Å². The first-order chi connectivity index (χ1) is 27.6. The van der Waals surface area contributed by atoms with Crippen LogP contribution in [0.4, 0.5) is 5.69 Å². The molecule has 0 radical (unpaired) electrons. The highest BCUT2D eigenvalue weighted by atomic mass is 16.5. The van der Waals surface area contributed by atoms with Gasteiger partial charge in [-0.2, -0.15) is 0 Å². The Morgan fingerprint density at radius 1 is 0.965 bits per heavy atom. The molecule has 294 valence electrons. The molecule has 2 aliphatic heterocycles. The van der Waals surface area contributed by atoms with E-state index in [9.17, 15) is 15.0 Å². The Hall–Kier alpha value is -5.49. The first-order valence-corrected chi connectivity index (χ1v) is 19.8. The van der Waals surface area contributed by atoms with Crippen molar-refractivity contribution in [3.63, 3.8) is 0 Å². The maximum atomic E-state index is 15.2. The number of aromatic nitrogens is 1. The Bertz CT molecular complexity index is 2280. The zero-order valence-electron chi connectivity index (χ0n) is 32.4. The maximum Gasteiger partial charge on any atom is 0.265 e. The van der Waals surface area contributed by atoms with Gasteiger partial charge in [-0.1, -0.05) is 72.8 Å². The molecule has 0 bridgehead atoms. The van der Waals surface area contributed by atoms with Gasteiger partial charge in [-0.25, -0.2) is 0 Å². The fourth-order valence-electron chi connectivity index (χ4n) is 10.5. The van der Waals surface area contributed by atoms with Gasteiger partial charge in [0.25, 0.3) is 5.88 Å². The van der Waals surface area contributed by atoms with Crippen LogP contribution in [0.5, 0.6) is 11.6 Å². The summed E-state index contributed by atoms with van der Waals surface area (Å²) in [5.74, 6) is -2.35. The van der Waals surface area contributed by atoms with Crippen molar-refractivity contribution in [2.45, 2.75) is 50.2 Å². The van der Waals surface area contributed by atoms with Crippen molar-refractivity contribution in [1.82, 2.24) is 15.0 Å². The number of carbonyl (C=O) groups is 2. The Balaban J connectivity index is 1.19. The van der Waals surface area contributed by atoms with Crippen molar-refractivity contribution < 1.29 is 33.8 Å². The molecule has 11 nitrogen and oxygen atoms in total. The van der Waals surface area contributed by atoms with Gasteiger partial charge in [-0.05, 0) is 78.2 Å². The van der Waals surface area contributed by atoms with Gasteiger partial charge < -0.3 is 29.1 Å². The molecule has 57 heavy (non-hydrogen) atoms. The lowest BCUT2D eigenvalue weighted by molar-refractivity contribution is -0.143. The summed E-state index contributed by atoms with van der Waals surface area (Å²) in [5, 5.41) is 29.6. The third-order valence-electron chi connectivity index (χ3n) is 12.9. The van der Waals surface area contributed by atoms with Gasteiger partial charge in [-0.3, -0.25) is 19.4 Å². The summed E-state index contributed by atoms with van der Waals surface area (Å²) in [6, 6.07) is 20.7. The molecule has 1 saturated carbocycles. The van der Waals surface area contributed by atoms with Gasteiger partial charge in [-0.15, -0.1) is 13.2 Å². The number of nitrogens with zero attached hydrogens (tertiary/aromatic N) is 4. The minimum Gasteiger partial charge on any atom is -0.507 e. The van der Waals surface area contributed by atoms with E-state index in [1.807, 2.05) is 71.6 Å². The second-order valence-electron chi connectivity index (χ2n) is 16.2. The molecule has 11 heteroatoms. The molecular weight excluding hydrogens is 721 g/mol. The van der Waals surface area contributed by atoms with Crippen molar-refractivity contribution in [1.29, 1.82) is 0 Å². The highest BCUT2D eigenvalue weighted by molar-refractivity contribution is 6.26. The number of hydrogen-bond acceptors (Lipinski definition) is 11. The predicted octanol–water partition coefficient (Wildman–Crippen LogP) is 6.65. The van der Waals surface area contributed by atoms with E-state index in [0.29, 0.717) is 36.7 Å². The van der Waals surface area contributed by atoms with Gasteiger partial charge in [0.1, 0.15) is 30.3 Å². The summed E-state index contributed by atoms with van der Waals surface area (Å²) in [6.45, 7) is 10.8. The Labute approximate surface area is 332 Å². The van der Waals surface area contributed by atoms with Gasteiger partial charge >= 0.3 is 0 Å². The number of fused-ring (bicyclic) bond motifs is 8. The second kappa shape index (κ2) is 14.5. The Morgan fingerprint density at radius 3 is 2.30 bits per heavy atom. The van der Waals surface area contributed by atoms with Crippen LogP contribution in [-0.2, 0) is 24.4 Å². The van der Waals surface area contributed by atoms with Gasteiger partial charge in [0.05, 0.1) is 11.6 Å². The summed E-state index contributed by atoms with van der Waals surface area (Å²) in [7, 11) is 4.26. The van der Waals surface area contributed by atoms with Crippen molar-refractivity contribution >= 4 is 23.0 Å². The van der Waals surface area contributed by atoms with Gasteiger partial charge in [0.15, 0.2) is 11.4 Å². The number of benzene rings is 3. The molecule has 3 aromatic carbocycles. The van der Waals surface area contributed by atoms with Crippen molar-refractivity contribution in [3.05, 3.63) is 137 Å². The molecule has 9 rings (SSSR count). The Morgan fingerprint density at radius 2 is 1.63 bits per heavy atom. The summed E-state index contributed by atoms with van der Waals surface area (Å²) in [4.78, 5) is 36.7.